The second-order valence-electron chi connectivity index (χ2n) is 6.52. The molecule has 130 valence electrons. The summed E-state index contributed by atoms with van der Waals surface area (Å²) in [5.74, 6) is -0.368. The number of hydrogen-bond acceptors (Lipinski definition) is 4. The lowest BCUT2D eigenvalue weighted by atomic mass is 9.97. The average Bonchev–Trinajstić information content (AvgIpc) is 2.45. The molecular formula is C18H35NO3. The van der Waals surface area contributed by atoms with Crippen LogP contribution in [0.3, 0.4) is 0 Å². The van der Waals surface area contributed by atoms with Crippen LogP contribution in [-0.4, -0.2) is 30.9 Å². The quantitative estimate of drug-likeness (QED) is 0.389. The number of hydrogen-bond donors (Lipinski definition) is 1. The van der Waals surface area contributed by atoms with Crippen molar-refractivity contribution < 1.29 is 14.3 Å². The Morgan fingerprint density at radius 1 is 0.909 bits per heavy atom. The van der Waals surface area contributed by atoms with E-state index in [1.54, 1.807) is 20.9 Å². The van der Waals surface area contributed by atoms with E-state index in [0.29, 0.717) is 6.42 Å². The van der Waals surface area contributed by atoms with Crippen molar-refractivity contribution in [3.8, 4) is 0 Å². The summed E-state index contributed by atoms with van der Waals surface area (Å²) < 4.78 is 5.22. The van der Waals surface area contributed by atoms with Gasteiger partial charge in [-0.25, -0.2) is 0 Å². The number of likely N-dealkylation sites (N-methyl/N-ethyl adjacent to an activating group) is 1. The van der Waals surface area contributed by atoms with E-state index >= 15 is 0 Å². The van der Waals surface area contributed by atoms with Crippen LogP contribution >= 0.6 is 0 Å². The summed E-state index contributed by atoms with van der Waals surface area (Å²) in [4.78, 5) is 23.6. The number of nitrogens with one attached hydrogen (secondary N) is 1. The Balaban J connectivity index is 3.68. The van der Waals surface area contributed by atoms with Gasteiger partial charge >= 0.3 is 5.97 Å². The molecule has 0 unspecified atom stereocenters. The summed E-state index contributed by atoms with van der Waals surface area (Å²) in [6, 6.07) is 0. The molecule has 1 N–H and O–H groups in total. The van der Waals surface area contributed by atoms with Gasteiger partial charge in [-0.1, -0.05) is 58.3 Å². The Hall–Kier alpha value is -0.900. The molecule has 0 spiro atoms. The average molecular weight is 313 g/mol. The van der Waals surface area contributed by atoms with Crippen molar-refractivity contribution >= 4 is 11.8 Å². The van der Waals surface area contributed by atoms with Gasteiger partial charge in [-0.3, -0.25) is 9.59 Å². The first-order valence-corrected chi connectivity index (χ1v) is 8.83. The van der Waals surface area contributed by atoms with Gasteiger partial charge in [-0.2, -0.15) is 0 Å². The Kier molecular flexibility index (Phi) is 12.1. The third-order valence-corrected chi connectivity index (χ3v) is 3.87. The minimum atomic E-state index is -1.01. The van der Waals surface area contributed by atoms with Crippen molar-refractivity contribution in [2.45, 2.75) is 90.6 Å². The first kappa shape index (κ1) is 21.1. The van der Waals surface area contributed by atoms with E-state index in [-0.39, 0.29) is 18.3 Å². The summed E-state index contributed by atoms with van der Waals surface area (Å²) in [5.41, 5.74) is -1.01. The van der Waals surface area contributed by atoms with E-state index in [9.17, 15) is 9.59 Å². The fourth-order valence-electron chi connectivity index (χ4n) is 2.42. The third-order valence-electron chi connectivity index (χ3n) is 3.87. The summed E-state index contributed by atoms with van der Waals surface area (Å²) >= 11 is 0. The molecule has 0 aromatic rings. The summed E-state index contributed by atoms with van der Waals surface area (Å²) in [6.45, 7) is 5.72. The van der Waals surface area contributed by atoms with Gasteiger partial charge < -0.3 is 10.1 Å². The molecule has 0 aliphatic rings. The van der Waals surface area contributed by atoms with Crippen molar-refractivity contribution in [3.63, 3.8) is 0 Å². The number of carbonyl (C=O) groups excluding carboxylic acids is 2. The number of Topliss-reactive ketones (excluding diaryl/α,β-unsaturated/α-hetero) is 1. The minimum Gasteiger partial charge on any atom is -0.451 e. The molecule has 0 radical (unpaired) electrons. The molecule has 4 nitrogen and oxygen atoms in total. The molecule has 0 bridgehead atoms. The van der Waals surface area contributed by atoms with Crippen molar-refractivity contribution in [1.82, 2.24) is 5.32 Å². The molecule has 0 aromatic carbocycles. The van der Waals surface area contributed by atoms with E-state index in [4.69, 9.17) is 4.74 Å². The fourth-order valence-corrected chi connectivity index (χ4v) is 2.42. The third kappa shape index (κ3) is 10.8. The van der Waals surface area contributed by atoms with E-state index in [1.807, 2.05) is 0 Å². The SMILES string of the molecule is CCCCCCCCCCCC(=O)C(C)(C)OC(=O)CNC. The normalized spacial score (nSPS) is 11.5. The van der Waals surface area contributed by atoms with Gasteiger partial charge in [-0.05, 0) is 27.3 Å². The van der Waals surface area contributed by atoms with Crippen molar-refractivity contribution in [2.24, 2.45) is 0 Å². The molecule has 0 aliphatic carbocycles. The highest BCUT2D eigenvalue weighted by Crippen LogP contribution is 2.17. The largest absolute Gasteiger partial charge is 0.451 e. The number of carbonyl (C=O) groups is 2. The van der Waals surface area contributed by atoms with Crippen LogP contribution in [0.25, 0.3) is 0 Å². The Morgan fingerprint density at radius 3 is 1.91 bits per heavy atom. The zero-order chi connectivity index (χ0) is 16.8. The first-order valence-electron chi connectivity index (χ1n) is 8.83. The number of unbranched alkanes of at least 4 members (excludes halogenated alkanes) is 8. The van der Waals surface area contributed by atoms with Crippen LogP contribution in [-0.2, 0) is 14.3 Å². The summed E-state index contributed by atoms with van der Waals surface area (Å²) in [6.07, 6.45) is 11.5. The van der Waals surface area contributed by atoms with Gasteiger partial charge in [0, 0.05) is 6.42 Å². The molecular weight excluding hydrogens is 278 g/mol. The molecule has 4 heteroatoms. The van der Waals surface area contributed by atoms with Crippen molar-refractivity contribution in [1.29, 1.82) is 0 Å². The first-order chi connectivity index (χ1) is 10.4. The molecule has 0 fully saturated rings. The van der Waals surface area contributed by atoms with E-state index in [1.165, 1.54) is 44.9 Å². The molecule has 0 saturated heterocycles. The molecule has 0 aliphatic heterocycles. The zero-order valence-corrected chi connectivity index (χ0v) is 15.0. The van der Waals surface area contributed by atoms with Crippen LogP contribution in [0.15, 0.2) is 0 Å². The van der Waals surface area contributed by atoms with Gasteiger partial charge in [0.05, 0.1) is 6.54 Å². The molecule has 22 heavy (non-hydrogen) atoms. The smallest absolute Gasteiger partial charge is 0.320 e. The molecule has 0 aromatic heterocycles. The van der Waals surface area contributed by atoms with Gasteiger partial charge in [0.1, 0.15) is 0 Å². The summed E-state index contributed by atoms with van der Waals surface area (Å²) in [5, 5.41) is 2.73. The molecule has 0 amide bonds. The van der Waals surface area contributed by atoms with E-state index in [2.05, 4.69) is 12.2 Å². The van der Waals surface area contributed by atoms with E-state index < -0.39 is 5.60 Å². The minimum absolute atomic E-state index is 0.0138. The Morgan fingerprint density at radius 2 is 1.41 bits per heavy atom. The fraction of sp³-hybridized carbons (Fsp3) is 0.889. The van der Waals surface area contributed by atoms with Gasteiger partial charge in [0.25, 0.3) is 0 Å². The summed E-state index contributed by atoms with van der Waals surface area (Å²) in [7, 11) is 1.68. The van der Waals surface area contributed by atoms with Crippen molar-refractivity contribution in [2.75, 3.05) is 13.6 Å². The molecule has 0 heterocycles. The number of ketones is 1. The predicted octanol–water partition coefficient (Wildman–Crippen LogP) is 4.02. The van der Waals surface area contributed by atoms with Crippen LogP contribution in [0.5, 0.6) is 0 Å². The Labute approximate surface area is 136 Å². The number of esters is 1. The lowest BCUT2D eigenvalue weighted by Crippen LogP contribution is -2.39. The number of rotatable bonds is 14. The monoisotopic (exact) mass is 313 g/mol. The second kappa shape index (κ2) is 12.6. The number of ether oxygens (including phenoxy) is 1. The molecule has 0 rings (SSSR count). The maximum atomic E-state index is 12.1. The van der Waals surface area contributed by atoms with Crippen LogP contribution in [0.2, 0.25) is 0 Å². The van der Waals surface area contributed by atoms with Crippen LogP contribution in [0.1, 0.15) is 85.0 Å². The van der Waals surface area contributed by atoms with E-state index in [0.717, 1.165) is 12.8 Å². The highest BCUT2D eigenvalue weighted by atomic mass is 16.6. The molecule has 0 saturated carbocycles. The topological polar surface area (TPSA) is 55.4 Å². The standard InChI is InChI=1S/C18H35NO3/c1-5-6-7-8-9-10-11-12-13-14-16(20)18(2,3)22-17(21)15-19-4/h19H,5-15H2,1-4H3. The van der Waals surface area contributed by atoms with Crippen LogP contribution in [0, 0.1) is 0 Å². The lowest BCUT2D eigenvalue weighted by molar-refractivity contribution is -0.163. The lowest BCUT2D eigenvalue weighted by Gasteiger charge is -2.23. The zero-order valence-electron chi connectivity index (χ0n) is 15.0. The highest BCUT2D eigenvalue weighted by molar-refractivity contribution is 5.89. The van der Waals surface area contributed by atoms with Crippen LogP contribution < -0.4 is 5.32 Å². The maximum Gasteiger partial charge on any atom is 0.320 e. The van der Waals surface area contributed by atoms with Crippen LogP contribution in [0.4, 0.5) is 0 Å². The van der Waals surface area contributed by atoms with Gasteiger partial charge in [-0.15, -0.1) is 0 Å². The Bertz CT molecular complexity index is 313. The molecule has 0 atom stereocenters. The van der Waals surface area contributed by atoms with Gasteiger partial charge in [0.2, 0.25) is 0 Å². The van der Waals surface area contributed by atoms with Crippen molar-refractivity contribution in [3.05, 3.63) is 0 Å². The van der Waals surface area contributed by atoms with Gasteiger partial charge in [0.15, 0.2) is 11.4 Å². The second-order valence-corrected chi connectivity index (χ2v) is 6.52. The highest BCUT2D eigenvalue weighted by Gasteiger charge is 2.30. The maximum absolute atomic E-state index is 12.1. The predicted molar refractivity (Wildman–Crippen MR) is 90.9 cm³/mol.